The lowest BCUT2D eigenvalue weighted by molar-refractivity contribution is 0.556. The van der Waals surface area contributed by atoms with Gasteiger partial charge in [0, 0.05) is 10.8 Å². The van der Waals surface area contributed by atoms with Crippen molar-refractivity contribution >= 4 is 20.6 Å². The molecule has 0 fully saturated rings. The van der Waals surface area contributed by atoms with Gasteiger partial charge in [-0.15, -0.1) is 0 Å². The summed E-state index contributed by atoms with van der Waals surface area (Å²) in [5, 5.41) is 2.90. The summed E-state index contributed by atoms with van der Waals surface area (Å²) >= 11 is 0. The second-order valence-electron chi connectivity index (χ2n) is 7.41. The van der Waals surface area contributed by atoms with Gasteiger partial charge in [-0.05, 0) is 29.9 Å². The lowest BCUT2D eigenvalue weighted by Crippen LogP contribution is -1.99. The summed E-state index contributed by atoms with van der Waals surface area (Å²) in [5.41, 5.74) is 1.24. The van der Waals surface area contributed by atoms with Crippen LogP contribution in [0.3, 0.4) is 0 Å². The Morgan fingerprint density at radius 1 is 0.778 bits per heavy atom. The molecule has 2 rings (SSSR count). The maximum Gasteiger partial charge on any atom is 0.199 e. The van der Waals surface area contributed by atoms with Crippen LogP contribution in [0.4, 0.5) is 0 Å². The Balaban J connectivity index is 1.86. The van der Waals surface area contributed by atoms with Crippen LogP contribution in [0, 0.1) is 0 Å². The first-order valence-electron chi connectivity index (χ1n) is 10.5. The highest BCUT2D eigenvalue weighted by Crippen LogP contribution is 2.28. The molecule has 0 bridgehead atoms. The number of hydrogen-bond acceptors (Lipinski definition) is 2. The first kappa shape index (κ1) is 21.7. The first-order valence-corrected chi connectivity index (χ1v) is 12.0. The van der Waals surface area contributed by atoms with Crippen LogP contribution in [0.2, 0.25) is 0 Å². The third-order valence-electron chi connectivity index (χ3n) is 5.30. The zero-order chi connectivity index (χ0) is 19.5. The van der Waals surface area contributed by atoms with E-state index in [0.29, 0.717) is 4.90 Å². The first-order chi connectivity index (χ1) is 13.1. The molecular weight excluding hydrogens is 352 g/mol. The van der Waals surface area contributed by atoms with E-state index in [-0.39, 0.29) is 0 Å². The molecule has 0 atom stereocenters. The molecule has 0 radical (unpaired) electrons. The Hall–Kier alpha value is -1.61. The van der Waals surface area contributed by atoms with E-state index in [1.54, 1.807) is 6.07 Å². The summed E-state index contributed by atoms with van der Waals surface area (Å²) in [6.45, 7) is 5.71. The second kappa shape index (κ2) is 11.3. The number of fused-ring (bicyclic) bond motifs is 1. The van der Waals surface area contributed by atoms with E-state index in [1.807, 2.05) is 30.3 Å². The van der Waals surface area contributed by atoms with Gasteiger partial charge in [-0.3, -0.25) is 0 Å². The predicted molar refractivity (Wildman–Crippen MR) is 117 cm³/mol. The van der Waals surface area contributed by atoms with Gasteiger partial charge in [0.05, 0.1) is 4.90 Å². The van der Waals surface area contributed by atoms with Crippen molar-refractivity contribution in [3.05, 3.63) is 53.9 Å². The van der Waals surface area contributed by atoms with E-state index < -0.39 is 9.84 Å². The van der Waals surface area contributed by atoms with E-state index in [0.717, 1.165) is 29.0 Å². The molecule has 0 N–H and O–H groups in total. The van der Waals surface area contributed by atoms with Gasteiger partial charge in [0.1, 0.15) is 0 Å². The Kier molecular flexibility index (Phi) is 9.06. The molecule has 0 aliphatic carbocycles. The van der Waals surface area contributed by atoms with Crippen LogP contribution in [-0.2, 0) is 16.3 Å². The van der Waals surface area contributed by atoms with Crippen LogP contribution in [0.25, 0.3) is 10.8 Å². The van der Waals surface area contributed by atoms with Gasteiger partial charge in [-0.2, -0.15) is 0 Å². The van der Waals surface area contributed by atoms with Gasteiger partial charge in [0.25, 0.3) is 0 Å². The zero-order valence-electron chi connectivity index (χ0n) is 16.8. The van der Waals surface area contributed by atoms with E-state index in [2.05, 4.69) is 13.5 Å². The monoisotopic (exact) mass is 386 g/mol. The lowest BCUT2D eigenvalue weighted by Gasteiger charge is -2.10. The third kappa shape index (κ3) is 6.49. The molecular formula is C24H34O2S. The van der Waals surface area contributed by atoms with Gasteiger partial charge in [0.2, 0.25) is 0 Å². The minimum atomic E-state index is -3.42. The molecule has 2 nitrogen and oxygen atoms in total. The summed E-state index contributed by atoms with van der Waals surface area (Å²) < 4.78 is 24.5. The molecule has 0 saturated heterocycles. The normalized spacial score (nSPS) is 11.7. The van der Waals surface area contributed by atoms with Crippen LogP contribution < -0.4 is 0 Å². The van der Waals surface area contributed by atoms with Crippen molar-refractivity contribution in [3.8, 4) is 0 Å². The number of hydrogen-bond donors (Lipinski definition) is 0. The number of unbranched alkanes of at least 4 members (excludes halogenated alkanes) is 9. The molecule has 3 heteroatoms. The molecule has 0 aliphatic rings. The fourth-order valence-corrected chi connectivity index (χ4v) is 4.61. The number of aryl methyl sites for hydroxylation is 1. The molecule has 2 aromatic rings. The molecule has 0 amide bonds. The average Bonchev–Trinajstić information content (AvgIpc) is 2.69. The molecule has 0 unspecified atom stereocenters. The fraction of sp³-hybridized carbons (Fsp3) is 0.500. The minimum Gasteiger partial charge on any atom is -0.219 e. The van der Waals surface area contributed by atoms with Gasteiger partial charge in [-0.25, -0.2) is 8.42 Å². The van der Waals surface area contributed by atoms with Crippen molar-refractivity contribution in [1.82, 2.24) is 0 Å². The molecule has 0 saturated carbocycles. The Bertz CT molecular complexity index is 821. The second-order valence-corrected chi connectivity index (χ2v) is 9.28. The van der Waals surface area contributed by atoms with E-state index in [4.69, 9.17) is 0 Å². The van der Waals surface area contributed by atoms with E-state index in [1.165, 1.54) is 63.4 Å². The van der Waals surface area contributed by atoms with Crippen molar-refractivity contribution in [2.24, 2.45) is 0 Å². The van der Waals surface area contributed by atoms with Crippen LogP contribution in [0.5, 0.6) is 0 Å². The molecule has 0 spiro atoms. The predicted octanol–water partition coefficient (Wildman–Crippen LogP) is 7.22. The number of sulfone groups is 1. The molecule has 27 heavy (non-hydrogen) atoms. The molecule has 148 valence electrons. The lowest BCUT2D eigenvalue weighted by atomic mass is 9.99. The van der Waals surface area contributed by atoms with Crippen LogP contribution in [-0.4, -0.2) is 8.42 Å². The Morgan fingerprint density at radius 3 is 1.93 bits per heavy atom. The van der Waals surface area contributed by atoms with Gasteiger partial charge >= 0.3 is 0 Å². The topological polar surface area (TPSA) is 34.1 Å². The van der Waals surface area contributed by atoms with Crippen molar-refractivity contribution in [3.63, 3.8) is 0 Å². The number of benzene rings is 2. The number of rotatable bonds is 13. The van der Waals surface area contributed by atoms with E-state index >= 15 is 0 Å². The standard InChI is InChI=1S/C24H34O2S/c1-3-5-6-7-8-9-10-11-12-13-16-21-19-20-24(27(25,26)4-2)23-18-15-14-17-22(21)23/h4,14-15,17-20H,2-3,5-13,16H2,1H3. The zero-order valence-corrected chi connectivity index (χ0v) is 17.6. The van der Waals surface area contributed by atoms with Crippen molar-refractivity contribution < 1.29 is 8.42 Å². The average molecular weight is 387 g/mol. The van der Waals surface area contributed by atoms with Crippen molar-refractivity contribution in [2.45, 2.75) is 82.4 Å². The Morgan fingerprint density at radius 2 is 1.33 bits per heavy atom. The third-order valence-corrected chi connectivity index (χ3v) is 6.71. The van der Waals surface area contributed by atoms with Crippen LogP contribution in [0.1, 0.15) is 76.7 Å². The minimum absolute atomic E-state index is 0.361. The van der Waals surface area contributed by atoms with Gasteiger partial charge < -0.3 is 0 Å². The Labute approximate surface area is 165 Å². The van der Waals surface area contributed by atoms with E-state index in [9.17, 15) is 8.42 Å². The highest BCUT2D eigenvalue weighted by atomic mass is 32.2. The van der Waals surface area contributed by atoms with Crippen molar-refractivity contribution in [1.29, 1.82) is 0 Å². The van der Waals surface area contributed by atoms with Gasteiger partial charge in [-0.1, -0.05) is 102 Å². The largest absolute Gasteiger partial charge is 0.219 e. The summed E-state index contributed by atoms with van der Waals surface area (Å²) in [7, 11) is -3.42. The SMILES string of the molecule is C=CS(=O)(=O)c1ccc(CCCCCCCCCCCC)c2ccccc12. The highest BCUT2D eigenvalue weighted by molar-refractivity contribution is 7.94. The quantitative estimate of drug-likeness (QED) is 0.340. The summed E-state index contributed by atoms with van der Waals surface area (Å²) in [6.07, 6.45) is 14.3. The van der Waals surface area contributed by atoms with Crippen LogP contribution >= 0.6 is 0 Å². The smallest absolute Gasteiger partial charge is 0.199 e. The summed E-state index contributed by atoms with van der Waals surface area (Å²) in [4.78, 5) is 0.361. The summed E-state index contributed by atoms with van der Waals surface area (Å²) in [5.74, 6) is 0. The fourth-order valence-electron chi connectivity index (χ4n) is 3.69. The molecule has 0 aromatic heterocycles. The molecule has 0 heterocycles. The maximum absolute atomic E-state index is 12.3. The van der Waals surface area contributed by atoms with Gasteiger partial charge in [0.15, 0.2) is 9.84 Å². The van der Waals surface area contributed by atoms with Crippen molar-refractivity contribution in [2.75, 3.05) is 0 Å². The highest BCUT2D eigenvalue weighted by Gasteiger charge is 2.15. The molecule has 0 aliphatic heterocycles. The summed E-state index contributed by atoms with van der Waals surface area (Å²) in [6, 6.07) is 11.5. The maximum atomic E-state index is 12.3. The molecule has 2 aromatic carbocycles. The van der Waals surface area contributed by atoms with Crippen LogP contribution in [0.15, 0.2) is 53.3 Å².